The second kappa shape index (κ2) is 8.70. The Labute approximate surface area is 164 Å². The van der Waals surface area contributed by atoms with E-state index in [4.69, 9.17) is 4.74 Å². The predicted molar refractivity (Wildman–Crippen MR) is 103 cm³/mol. The molecule has 1 fully saturated rings. The topological polar surface area (TPSA) is 75.7 Å². The fourth-order valence-electron chi connectivity index (χ4n) is 3.13. The van der Waals surface area contributed by atoms with Crippen LogP contribution in [0.2, 0.25) is 0 Å². The monoisotopic (exact) mass is 406 g/mol. The van der Waals surface area contributed by atoms with E-state index in [-0.39, 0.29) is 16.8 Å². The smallest absolute Gasteiger partial charge is 0.251 e. The molecule has 1 aliphatic rings. The van der Waals surface area contributed by atoms with Crippen molar-refractivity contribution in [3.63, 3.8) is 0 Å². The molecule has 1 amide bonds. The maximum Gasteiger partial charge on any atom is 0.251 e. The van der Waals surface area contributed by atoms with E-state index in [9.17, 15) is 17.6 Å². The highest BCUT2D eigenvalue weighted by Crippen LogP contribution is 2.23. The van der Waals surface area contributed by atoms with Gasteiger partial charge in [0.25, 0.3) is 5.91 Å². The molecule has 1 saturated heterocycles. The van der Waals surface area contributed by atoms with Gasteiger partial charge in [-0.15, -0.1) is 0 Å². The van der Waals surface area contributed by atoms with Crippen molar-refractivity contribution in [2.45, 2.75) is 30.7 Å². The van der Waals surface area contributed by atoms with Crippen LogP contribution in [0.3, 0.4) is 0 Å². The molecule has 3 rings (SSSR count). The summed E-state index contributed by atoms with van der Waals surface area (Å²) in [6.07, 6.45) is 1.03. The molecule has 1 aliphatic heterocycles. The predicted octanol–water partition coefficient (Wildman–Crippen LogP) is 2.81. The average molecular weight is 406 g/mol. The third-order valence-electron chi connectivity index (χ3n) is 4.67. The van der Waals surface area contributed by atoms with Gasteiger partial charge in [0.1, 0.15) is 11.6 Å². The summed E-state index contributed by atoms with van der Waals surface area (Å²) in [6, 6.07) is 11.6. The number of amides is 1. The highest BCUT2D eigenvalue weighted by atomic mass is 32.2. The Morgan fingerprint density at radius 3 is 2.29 bits per heavy atom. The Morgan fingerprint density at radius 1 is 1.11 bits per heavy atom. The van der Waals surface area contributed by atoms with Gasteiger partial charge in [0, 0.05) is 24.7 Å². The zero-order valence-electron chi connectivity index (χ0n) is 15.6. The molecule has 0 aromatic heterocycles. The molecule has 0 aliphatic carbocycles. The van der Waals surface area contributed by atoms with E-state index < -0.39 is 15.8 Å². The Balaban J connectivity index is 1.58. The van der Waals surface area contributed by atoms with E-state index in [1.54, 1.807) is 24.3 Å². The Kier molecular flexibility index (Phi) is 6.31. The summed E-state index contributed by atoms with van der Waals surface area (Å²) >= 11 is 0. The number of carbonyl (C=O) groups excluding carboxylic acids is 1. The molecule has 6 nitrogen and oxygen atoms in total. The number of benzene rings is 2. The maximum atomic E-state index is 13.0. The Hall–Kier alpha value is -2.45. The molecule has 0 unspecified atom stereocenters. The number of piperidine rings is 1. The van der Waals surface area contributed by atoms with E-state index in [2.05, 4.69) is 5.32 Å². The minimum Gasteiger partial charge on any atom is -0.494 e. The molecule has 0 spiro atoms. The number of nitrogens with zero attached hydrogens (tertiary/aromatic N) is 1. The second-order valence-corrected chi connectivity index (χ2v) is 8.50. The van der Waals surface area contributed by atoms with Gasteiger partial charge in [-0.05, 0) is 68.3 Å². The van der Waals surface area contributed by atoms with E-state index in [1.165, 1.54) is 28.6 Å². The third-order valence-corrected chi connectivity index (χ3v) is 6.58. The molecular formula is C20H23FN2O4S. The van der Waals surface area contributed by atoms with Gasteiger partial charge in [-0.1, -0.05) is 0 Å². The fraction of sp³-hybridized carbons (Fsp3) is 0.350. The van der Waals surface area contributed by atoms with Crippen LogP contribution in [0.1, 0.15) is 30.1 Å². The SMILES string of the molecule is CCOc1ccc(S(=O)(=O)N2CCC(NC(=O)c3ccc(F)cc3)CC2)cc1. The number of rotatable bonds is 6. The van der Waals surface area contributed by atoms with Crippen LogP contribution in [0.25, 0.3) is 0 Å². The van der Waals surface area contributed by atoms with E-state index in [1.807, 2.05) is 6.92 Å². The minimum atomic E-state index is -3.58. The molecule has 0 radical (unpaired) electrons. The van der Waals surface area contributed by atoms with Crippen molar-refractivity contribution >= 4 is 15.9 Å². The van der Waals surface area contributed by atoms with Crippen LogP contribution in [-0.2, 0) is 10.0 Å². The maximum absolute atomic E-state index is 13.0. The first kappa shape index (κ1) is 20.3. The first-order valence-corrected chi connectivity index (χ1v) is 10.6. The highest BCUT2D eigenvalue weighted by molar-refractivity contribution is 7.89. The fourth-order valence-corrected chi connectivity index (χ4v) is 4.60. The summed E-state index contributed by atoms with van der Waals surface area (Å²) in [5.74, 6) is -0.0548. The normalized spacial score (nSPS) is 15.9. The van der Waals surface area contributed by atoms with Gasteiger partial charge < -0.3 is 10.1 Å². The summed E-state index contributed by atoms with van der Waals surface area (Å²) < 4.78 is 45.3. The highest BCUT2D eigenvalue weighted by Gasteiger charge is 2.30. The lowest BCUT2D eigenvalue weighted by Gasteiger charge is -2.31. The van der Waals surface area contributed by atoms with Crippen LogP contribution in [-0.4, -0.2) is 44.4 Å². The van der Waals surface area contributed by atoms with Gasteiger partial charge in [-0.2, -0.15) is 4.31 Å². The Morgan fingerprint density at radius 2 is 1.71 bits per heavy atom. The molecule has 0 bridgehead atoms. The van der Waals surface area contributed by atoms with Crippen LogP contribution in [0.4, 0.5) is 4.39 Å². The molecule has 2 aromatic rings. The number of sulfonamides is 1. The van der Waals surface area contributed by atoms with E-state index >= 15 is 0 Å². The van der Waals surface area contributed by atoms with Crippen LogP contribution >= 0.6 is 0 Å². The Bertz CT molecular complexity index is 906. The van der Waals surface area contributed by atoms with Gasteiger partial charge in [-0.25, -0.2) is 12.8 Å². The number of hydrogen-bond donors (Lipinski definition) is 1. The van der Waals surface area contributed by atoms with Crippen LogP contribution in [0.15, 0.2) is 53.4 Å². The number of ether oxygens (including phenoxy) is 1. The van der Waals surface area contributed by atoms with Gasteiger partial charge >= 0.3 is 0 Å². The summed E-state index contributed by atoms with van der Waals surface area (Å²) in [7, 11) is -3.58. The molecule has 0 atom stereocenters. The molecule has 0 saturated carbocycles. The molecule has 150 valence electrons. The van der Waals surface area contributed by atoms with E-state index in [0.29, 0.717) is 43.9 Å². The first-order valence-electron chi connectivity index (χ1n) is 9.19. The third kappa shape index (κ3) is 4.69. The molecule has 2 aromatic carbocycles. The van der Waals surface area contributed by atoms with Crippen molar-refractivity contribution in [1.82, 2.24) is 9.62 Å². The molecule has 1 heterocycles. The zero-order chi connectivity index (χ0) is 20.1. The summed E-state index contributed by atoms with van der Waals surface area (Å²) in [5, 5.41) is 2.89. The van der Waals surface area contributed by atoms with Crippen molar-refractivity contribution in [1.29, 1.82) is 0 Å². The van der Waals surface area contributed by atoms with Gasteiger partial charge in [-0.3, -0.25) is 4.79 Å². The average Bonchev–Trinajstić information content (AvgIpc) is 2.69. The van der Waals surface area contributed by atoms with Gasteiger partial charge in [0.15, 0.2) is 0 Å². The van der Waals surface area contributed by atoms with Crippen molar-refractivity contribution < 1.29 is 22.3 Å². The number of nitrogens with one attached hydrogen (secondary N) is 1. The lowest BCUT2D eigenvalue weighted by atomic mass is 10.1. The molecule has 1 N–H and O–H groups in total. The van der Waals surface area contributed by atoms with E-state index in [0.717, 1.165) is 0 Å². The standard InChI is InChI=1S/C20H23FN2O4S/c1-2-27-18-7-9-19(10-8-18)28(25,26)23-13-11-17(12-14-23)22-20(24)15-3-5-16(21)6-4-15/h3-10,17H,2,11-14H2,1H3,(H,22,24). The molecule has 28 heavy (non-hydrogen) atoms. The summed E-state index contributed by atoms with van der Waals surface area (Å²) in [6.45, 7) is 3.03. The molecular weight excluding hydrogens is 383 g/mol. The van der Waals surface area contributed by atoms with Crippen molar-refractivity contribution in [2.75, 3.05) is 19.7 Å². The number of hydrogen-bond acceptors (Lipinski definition) is 4. The van der Waals surface area contributed by atoms with Crippen LogP contribution in [0, 0.1) is 5.82 Å². The quantitative estimate of drug-likeness (QED) is 0.800. The zero-order valence-corrected chi connectivity index (χ0v) is 16.4. The first-order chi connectivity index (χ1) is 13.4. The lowest BCUT2D eigenvalue weighted by Crippen LogP contribution is -2.46. The van der Waals surface area contributed by atoms with Crippen LogP contribution in [0.5, 0.6) is 5.75 Å². The van der Waals surface area contributed by atoms with Crippen molar-refractivity contribution in [3.8, 4) is 5.75 Å². The summed E-state index contributed by atoms with van der Waals surface area (Å²) in [4.78, 5) is 12.5. The van der Waals surface area contributed by atoms with Gasteiger partial charge in [0.05, 0.1) is 11.5 Å². The minimum absolute atomic E-state index is 0.121. The number of carbonyl (C=O) groups is 1. The van der Waals surface area contributed by atoms with Gasteiger partial charge in [0.2, 0.25) is 10.0 Å². The van der Waals surface area contributed by atoms with Crippen LogP contribution < -0.4 is 10.1 Å². The molecule has 8 heteroatoms. The largest absolute Gasteiger partial charge is 0.494 e. The lowest BCUT2D eigenvalue weighted by molar-refractivity contribution is 0.0924. The van der Waals surface area contributed by atoms with Crippen molar-refractivity contribution in [3.05, 3.63) is 59.9 Å². The summed E-state index contributed by atoms with van der Waals surface area (Å²) in [5.41, 5.74) is 0.380. The number of halogens is 1. The van der Waals surface area contributed by atoms with Crippen molar-refractivity contribution in [2.24, 2.45) is 0 Å². The second-order valence-electron chi connectivity index (χ2n) is 6.56.